The van der Waals surface area contributed by atoms with E-state index in [1.54, 1.807) is 6.20 Å². The third-order valence-electron chi connectivity index (χ3n) is 2.30. The Morgan fingerprint density at radius 1 is 1.12 bits per heavy atom. The molecule has 17 heavy (non-hydrogen) atoms. The SMILES string of the molecule is O=c1[nH]c2cnc(Nc3ccccc3)nc2[nH]1. The van der Waals surface area contributed by atoms with E-state index < -0.39 is 0 Å². The third-order valence-corrected chi connectivity index (χ3v) is 2.30. The molecule has 0 fully saturated rings. The number of aromatic nitrogens is 4. The molecule has 0 aliphatic carbocycles. The number of imidazole rings is 1. The van der Waals surface area contributed by atoms with Gasteiger partial charge in [0.15, 0.2) is 5.65 Å². The largest absolute Gasteiger partial charge is 0.325 e. The summed E-state index contributed by atoms with van der Waals surface area (Å²) in [6.07, 6.45) is 1.56. The molecule has 2 heterocycles. The van der Waals surface area contributed by atoms with Gasteiger partial charge in [-0.05, 0) is 12.1 Å². The summed E-state index contributed by atoms with van der Waals surface area (Å²) in [5, 5.41) is 3.05. The number of nitrogens with zero attached hydrogens (tertiary/aromatic N) is 2. The van der Waals surface area contributed by atoms with Gasteiger partial charge < -0.3 is 10.3 Å². The topological polar surface area (TPSA) is 86.5 Å². The minimum Gasteiger partial charge on any atom is -0.324 e. The number of nitrogens with one attached hydrogen (secondary N) is 3. The number of rotatable bonds is 2. The molecular weight excluding hydrogens is 218 g/mol. The fourth-order valence-corrected chi connectivity index (χ4v) is 1.54. The van der Waals surface area contributed by atoms with Crippen LogP contribution in [0.1, 0.15) is 0 Å². The Balaban J connectivity index is 1.98. The van der Waals surface area contributed by atoms with E-state index in [0.29, 0.717) is 17.1 Å². The molecule has 84 valence electrons. The molecule has 3 N–H and O–H groups in total. The highest BCUT2D eigenvalue weighted by molar-refractivity contribution is 5.70. The highest BCUT2D eigenvalue weighted by atomic mass is 16.1. The lowest BCUT2D eigenvalue weighted by Gasteiger charge is -2.03. The lowest BCUT2D eigenvalue weighted by atomic mass is 10.3. The zero-order valence-corrected chi connectivity index (χ0v) is 8.77. The summed E-state index contributed by atoms with van der Waals surface area (Å²) in [7, 11) is 0. The lowest BCUT2D eigenvalue weighted by molar-refractivity contribution is 1.18. The van der Waals surface area contributed by atoms with Crippen LogP contribution in [0.3, 0.4) is 0 Å². The predicted molar refractivity (Wildman–Crippen MR) is 64.2 cm³/mol. The van der Waals surface area contributed by atoms with Crippen molar-refractivity contribution in [1.29, 1.82) is 0 Å². The first-order valence-corrected chi connectivity index (χ1v) is 5.08. The Hall–Kier alpha value is -2.63. The fraction of sp³-hybridized carbons (Fsp3) is 0. The van der Waals surface area contributed by atoms with Gasteiger partial charge in [0.1, 0.15) is 5.52 Å². The molecule has 0 aliphatic rings. The van der Waals surface area contributed by atoms with Gasteiger partial charge in [-0.2, -0.15) is 4.98 Å². The monoisotopic (exact) mass is 227 g/mol. The second kappa shape index (κ2) is 3.75. The molecule has 2 aromatic heterocycles. The van der Waals surface area contributed by atoms with E-state index in [1.165, 1.54) is 0 Å². The summed E-state index contributed by atoms with van der Waals surface area (Å²) in [4.78, 5) is 24.5. The van der Waals surface area contributed by atoms with Crippen molar-refractivity contribution in [2.24, 2.45) is 0 Å². The van der Waals surface area contributed by atoms with Crippen molar-refractivity contribution in [2.45, 2.75) is 0 Å². The molecule has 0 unspecified atom stereocenters. The Morgan fingerprint density at radius 3 is 2.76 bits per heavy atom. The van der Waals surface area contributed by atoms with Gasteiger partial charge in [0.25, 0.3) is 0 Å². The van der Waals surface area contributed by atoms with E-state index in [4.69, 9.17) is 0 Å². The van der Waals surface area contributed by atoms with Crippen molar-refractivity contribution in [2.75, 3.05) is 5.32 Å². The average molecular weight is 227 g/mol. The first-order chi connectivity index (χ1) is 8.31. The molecule has 3 aromatic rings. The first-order valence-electron chi connectivity index (χ1n) is 5.08. The summed E-state index contributed by atoms with van der Waals surface area (Å²) in [5.74, 6) is 0.443. The standard InChI is InChI=1S/C11H9N5O/c17-11-14-8-6-12-10(15-9(8)16-11)13-7-4-2-1-3-5-7/h1-6H,(H3,12,13,14,15,16,17). The molecule has 0 bridgehead atoms. The van der Waals surface area contributed by atoms with Crippen LogP contribution in [-0.4, -0.2) is 19.9 Å². The minimum atomic E-state index is -0.286. The lowest BCUT2D eigenvalue weighted by Crippen LogP contribution is -1.99. The quantitative estimate of drug-likeness (QED) is 0.617. The van der Waals surface area contributed by atoms with E-state index >= 15 is 0 Å². The van der Waals surface area contributed by atoms with Crippen LogP contribution in [0.25, 0.3) is 11.2 Å². The van der Waals surface area contributed by atoms with Crippen LogP contribution in [0, 0.1) is 0 Å². The molecule has 0 aliphatic heterocycles. The molecule has 0 saturated heterocycles. The smallest absolute Gasteiger partial charge is 0.324 e. The summed E-state index contributed by atoms with van der Waals surface area (Å²) in [6, 6.07) is 9.58. The van der Waals surface area contributed by atoms with Crippen LogP contribution in [0.15, 0.2) is 41.3 Å². The van der Waals surface area contributed by atoms with E-state index in [1.807, 2.05) is 30.3 Å². The second-order valence-electron chi connectivity index (χ2n) is 3.53. The molecule has 6 heteroatoms. The number of para-hydroxylation sites is 1. The predicted octanol–water partition coefficient (Wildman–Crippen LogP) is 1.39. The number of hydrogen-bond donors (Lipinski definition) is 3. The van der Waals surface area contributed by atoms with Crippen LogP contribution in [0.2, 0.25) is 0 Å². The molecular formula is C11H9N5O. The van der Waals surface area contributed by atoms with E-state index in [2.05, 4.69) is 25.3 Å². The van der Waals surface area contributed by atoms with Crippen LogP contribution >= 0.6 is 0 Å². The molecule has 1 aromatic carbocycles. The first kappa shape index (κ1) is 9.59. The van der Waals surface area contributed by atoms with Gasteiger partial charge in [0, 0.05) is 5.69 Å². The zero-order chi connectivity index (χ0) is 11.7. The van der Waals surface area contributed by atoms with Crippen molar-refractivity contribution >= 4 is 22.8 Å². The van der Waals surface area contributed by atoms with Gasteiger partial charge in [-0.15, -0.1) is 0 Å². The summed E-state index contributed by atoms with van der Waals surface area (Å²) in [6.45, 7) is 0. The zero-order valence-electron chi connectivity index (χ0n) is 8.77. The van der Waals surface area contributed by atoms with Crippen molar-refractivity contribution < 1.29 is 0 Å². The van der Waals surface area contributed by atoms with Crippen molar-refractivity contribution in [3.05, 3.63) is 47.0 Å². The number of hydrogen-bond acceptors (Lipinski definition) is 4. The van der Waals surface area contributed by atoms with Crippen LogP contribution < -0.4 is 11.0 Å². The maximum Gasteiger partial charge on any atom is 0.325 e. The summed E-state index contributed by atoms with van der Waals surface area (Å²) in [5.41, 5.74) is 1.69. The van der Waals surface area contributed by atoms with E-state index in [-0.39, 0.29) is 5.69 Å². The van der Waals surface area contributed by atoms with Crippen LogP contribution in [0.4, 0.5) is 11.6 Å². The molecule has 0 atom stereocenters. The number of anilines is 2. The molecule has 3 rings (SSSR count). The summed E-state index contributed by atoms with van der Waals surface area (Å²) >= 11 is 0. The van der Waals surface area contributed by atoms with Crippen LogP contribution in [0.5, 0.6) is 0 Å². The van der Waals surface area contributed by atoms with Gasteiger partial charge in [-0.25, -0.2) is 9.78 Å². The number of benzene rings is 1. The molecule has 6 nitrogen and oxygen atoms in total. The van der Waals surface area contributed by atoms with E-state index in [9.17, 15) is 4.79 Å². The van der Waals surface area contributed by atoms with Gasteiger partial charge in [0.2, 0.25) is 5.95 Å². The molecule has 0 saturated carbocycles. The Labute approximate surface area is 95.7 Å². The fourth-order valence-electron chi connectivity index (χ4n) is 1.54. The second-order valence-corrected chi connectivity index (χ2v) is 3.53. The van der Waals surface area contributed by atoms with Crippen molar-refractivity contribution in [3.8, 4) is 0 Å². The normalized spacial score (nSPS) is 10.6. The summed E-state index contributed by atoms with van der Waals surface area (Å²) < 4.78 is 0. The van der Waals surface area contributed by atoms with Gasteiger partial charge in [-0.1, -0.05) is 18.2 Å². The number of aromatic amines is 2. The third kappa shape index (κ3) is 1.87. The molecule has 0 amide bonds. The van der Waals surface area contributed by atoms with Gasteiger partial charge in [-0.3, -0.25) is 4.98 Å². The maximum absolute atomic E-state index is 11.1. The molecule has 0 radical (unpaired) electrons. The minimum absolute atomic E-state index is 0.286. The Bertz CT molecular complexity index is 700. The highest BCUT2D eigenvalue weighted by Crippen LogP contribution is 2.12. The van der Waals surface area contributed by atoms with Gasteiger partial charge >= 0.3 is 5.69 Å². The maximum atomic E-state index is 11.1. The number of H-pyrrole nitrogens is 2. The number of fused-ring (bicyclic) bond motifs is 1. The van der Waals surface area contributed by atoms with Crippen molar-refractivity contribution in [1.82, 2.24) is 19.9 Å². The Kier molecular flexibility index (Phi) is 2.11. The average Bonchev–Trinajstić information content (AvgIpc) is 2.70. The highest BCUT2D eigenvalue weighted by Gasteiger charge is 2.02. The molecule has 0 spiro atoms. The van der Waals surface area contributed by atoms with Crippen LogP contribution in [-0.2, 0) is 0 Å². The Morgan fingerprint density at radius 2 is 1.94 bits per heavy atom. The van der Waals surface area contributed by atoms with Crippen molar-refractivity contribution in [3.63, 3.8) is 0 Å². The van der Waals surface area contributed by atoms with E-state index in [0.717, 1.165) is 5.69 Å². The van der Waals surface area contributed by atoms with Gasteiger partial charge in [0.05, 0.1) is 6.20 Å².